The summed E-state index contributed by atoms with van der Waals surface area (Å²) in [6.07, 6.45) is 4.91. The fourth-order valence-corrected chi connectivity index (χ4v) is 3.62. The molecule has 1 atom stereocenters. The number of fused-ring (bicyclic) bond motifs is 1. The van der Waals surface area contributed by atoms with E-state index in [4.69, 9.17) is 4.74 Å². The van der Waals surface area contributed by atoms with Gasteiger partial charge in [-0.1, -0.05) is 44.2 Å². The molecule has 27 heavy (non-hydrogen) atoms. The van der Waals surface area contributed by atoms with Crippen molar-refractivity contribution in [3.63, 3.8) is 0 Å². The van der Waals surface area contributed by atoms with Crippen molar-refractivity contribution in [1.82, 2.24) is 0 Å². The van der Waals surface area contributed by atoms with Crippen molar-refractivity contribution in [2.24, 2.45) is 0 Å². The first kappa shape index (κ1) is 22.0. The molecule has 2 aromatic rings. The summed E-state index contributed by atoms with van der Waals surface area (Å²) in [5.74, 6) is -0.214. The van der Waals surface area contributed by atoms with Crippen LogP contribution in [0.15, 0.2) is 42.5 Å². The molecule has 1 aliphatic carbocycles. The fraction of sp³-hybridized carbons (Fsp3) is 0.435. The average molecular weight is 374 g/mol. The molecule has 0 spiro atoms. The van der Waals surface area contributed by atoms with Crippen molar-refractivity contribution in [2.75, 3.05) is 0 Å². The van der Waals surface area contributed by atoms with Gasteiger partial charge in [-0.15, -0.1) is 0 Å². The van der Waals surface area contributed by atoms with Crippen molar-refractivity contribution in [1.29, 1.82) is 0 Å². The number of carboxylic acid groups (broad SMARTS) is 1. The molecule has 4 heteroatoms. The molecular formula is C23H27NaO3. The number of carboxylic acids is 1. The number of rotatable bonds is 6. The minimum Gasteiger partial charge on any atom is -0.546 e. The van der Waals surface area contributed by atoms with E-state index in [1.54, 1.807) is 6.92 Å². The van der Waals surface area contributed by atoms with E-state index < -0.39 is 11.6 Å². The van der Waals surface area contributed by atoms with Crippen LogP contribution < -0.4 is 39.4 Å². The van der Waals surface area contributed by atoms with Crippen LogP contribution in [0, 0.1) is 0 Å². The Hall–Kier alpha value is -1.29. The Morgan fingerprint density at radius 3 is 2.30 bits per heavy atom. The summed E-state index contributed by atoms with van der Waals surface area (Å²) in [6, 6.07) is 13.9. The summed E-state index contributed by atoms with van der Waals surface area (Å²) in [5, 5.41) is 11.9. The van der Waals surface area contributed by atoms with Crippen LogP contribution in [0.5, 0.6) is 5.75 Å². The molecule has 3 nitrogen and oxygen atoms in total. The number of hydrogen-bond acceptors (Lipinski definition) is 3. The third kappa shape index (κ3) is 5.37. The van der Waals surface area contributed by atoms with Crippen molar-refractivity contribution in [3.05, 3.63) is 64.7 Å². The summed E-state index contributed by atoms with van der Waals surface area (Å²) in [5.41, 5.74) is 3.51. The van der Waals surface area contributed by atoms with Crippen LogP contribution in [0.3, 0.4) is 0 Å². The van der Waals surface area contributed by atoms with Gasteiger partial charge in [0.15, 0.2) is 0 Å². The summed E-state index contributed by atoms with van der Waals surface area (Å²) >= 11 is 0. The van der Waals surface area contributed by atoms with Gasteiger partial charge in [0.05, 0.1) is 5.97 Å². The van der Waals surface area contributed by atoms with Gasteiger partial charge in [-0.05, 0) is 72.9 Å². The van der Waals surface area contributed by atoms with E-state index in [2.05, 4.69) is 26.0 Å². The fourth-order valence-electron chi connectivity index (χ4n) is 3.62. The monoisotopic (exact) mass is 374 g/mol. The topological polar surface area (TPSA) is 49.4 Å². The van der Waals surface area contributed by atoms with Crippen molar-refractivity contribution >= 4 is 5.97 Å². The van der Waals surface area contributed by atoms with E-state index in [9.17, 15) is 9.90 Å². The molecule has 3 rings (SSSR count). The van der Waals surface area contributed by atoms with Crippen LogP contribution in [0.4, 0.5) is 0 Å². The zero-order valence-electron chi connectivity index (χ0n) is 16.9. The molecule has 1 unspecified atom stereocenters. The molecule has 2 aromatic carbocycles. The van der Waals surface area contributed by atoms with Gasteiger partial charge in [0.25, 0.3) is 0 Å². The molecular weight excluding hydrogens is 347 g/mol. The molecule has 138 valence electrons. The Labute approximate surface area is 184 Å². The van der Waals surface area contributed by atoms with E-state index in [-0.39, 0.29) is 36.0 Å². The van der Waals surface area contributed by atoms with E-state index >= 15 is 0 Å². The quantitative estimate of drug-likeness (QED) is 0.704. The Kier molecular flexibility index (Phi) is 7.55. The third-order valence-electron chi connectivity index (χ3n) is 5.28. The minimum absolute atomic E-state index is 0. The van der Waals surface area contributed by atoms with Crippen LogP contribution in [-0.2, 0) is 24.1 Å². The molecule has 0 N–H and O–H groups in total. The smallest absolute Gasteiger partial charge is 0.546 e. The summed E-state index contributed by atoms with van der Waals surface area (Å²) < 4.78 is 5.88. The number of benzene rings is 2. The second-order valence-corrected chi connectivity index (χ2v) is 7.83. The summed E-state index contributed by atoms with van der Waals surface area (Å²) in [7, 11) is 0. The minimum atomic E-state index is -1.40. The third-order valence-corrected chi connectivity index (χ3v) is 5.28. The van der Waals surface area contributed by atoms with Gasteiger partial charge in [0.1, 0.15) is 11.4 Å². The Balaban J connectivity index is 0.00000261. The van der Waals surface area contributed by atoms with E-state index in [0.29, 0.717) is 11.7 Å². The van der Waals surface area contributed by atoms with E-state index in [1.807, 2.05) is 30.3 Å². The summed E-state index contributed by atoms with van der Waals surface area (Å²) in [4.78, 5) is 11.9. The van der Waals surface area contributed by atoms with Gasteiger partial charge in [-0.25, -0.2) is 0 Å². The van der Waals surface area contributed by atoms with Crippen molar-refractivity contribution in [2.45, 2.75) is 64.4 Å². The molecule has 0 aromatic heterocycles. The predicted molar refractivity (Wildman–Crippen MR) is 101 cm³/mol. The number of aryl methyl sites for hydroxylation is 2. The maximum absolute atomic E-state index is 11.9. The largest absolute Gasteiger partial charge is 1.00 e. The predicted octanol–water partition coefficient (Wildman–Crippen LogP) is 0.823. The van der Waals surface area contributed by atoms with Crippen LogP contribution >= 0.6 is 0 Å². The standard InChI is InChI=1S/C23H28O3.Na/c1-16(2)18-10-12-21(13-11-18)26-23(3,22(24)25)15-17-8-9-19-6-4-5-7-20(19)14-17;/h8-14,16H,4-7,15H2,1-3H3,(H,24,25);/q;+1/p-1. The maximum Gasteiger partial charge on any atom is 1.00 e. The zero-order valence-corrected chi connectivity index (χ0v) is 18.9. The zero-order chi connectivity index (χ0) is 18.7. The Bertz CT molecular complexity index is 783. The van der Waals surface area contributed by atoms with Crippen molar-refractivity contribution in [3.8, 4) is 5.75 Å². The van der Waals surface area contributed by atoms with Gasteiger partial charge in [0, 0.05) is 6.42 Å². The molecule has 0 fully saturated rings. The van der Waals surface area contributed by atoms with Gasteiger partial charge in [-0.2, -0.15) is 0 Å². The number of carbonyl (C=O) groups is 1. The van der Waals surface area contributed by atoms with Crippen LogP contribution in [-0.4, -0.2) is 11.6 Å². The van der Waals surface area contributed by atoms with E-state index in [1.165, 1.54) is 29.5 Å². The average Bonchev–Trinajstić information content (AvgIpc) is 2.62. The second-order valence-electron chi connectivity index (χ2n) is 7.83. The first-order chi connectivity index (χ1) is 12.4. The molecule has 0 saturated carbocycles. The first-order valence-corrected chi connectivity index (χ1v) is 9.48. The first-order valence-electron chi connectivity index (χ1n) is 9.48. The second kappa shape index (κ2) is 9.27. The molecule has 0 aliphatic heterocycles. The van der Waals surface area contributed by atoms with Crippen LogP contribution in [0.1, 0.15) is 61.8 Å². The van der Waals surface area contributed by atoms with Crippen molar-refractivity contribution < 1.29 is 44.2 Å². The number of hydrogen-bond donors (Lipinski definition) is 0. The summed E-state index contributed by atoms with van der Waals surface area (Å²) in [6.45, 7) is 5.84. The van der Waals surface area contributed by atoms with Gasteiger partial charge >= 0.3 is 29.6 Å². The molecule has 1 aliphatic rings. The molecule has 0 amide bonds. The van der Waals surface area contributed by atoms with Gasteiger partial charge in [0.2, 0.25) is 0 Å². The Morgan fingerprint density at radius 1 is 1.07 bits per heavy atom. The number of ether oxygens (including phenoxy) is 1. The number of carbonyl (C=O) groups excluding carboxylic acids is 1. The molecule has 0 saturated heterocycles. The molecule has 0 radical (unpaired) electrons. The van der Waals surface area contributed by atoms with Gasteiger partial charge < -0.3 is 14.6 Å². The van der Waals surface area contributed by atoms with Gasteiger partial charge in [-0.3, -0.25) is 0 Å². The number of aliphatic carboxylic acids is 1. The van der Waals surface area contributed by atoms with E-state index in [0.717, 1.165) is 18.4 Å². The SMILES string of the molecule is CC(C)c1ccc(OC(C)(Cc2ccc3c(c2)CCCC3)C(=O)[O-])cc1.[Na+]. The maximum atomic E-state index is 11.9. The normalized spacial score (nSPS) is 15.4. The molecule has 0 bridgehead atoms. The van der Waals surface area contributed by atoms with Crippen LogP contribution in [0.25, 0.3) is 0 Å². The molecule has 0 heterocycles. The Morgan fingerprint density at radius 2 is 1.70 bits per heavy atom. The van der Waals surface area contributed by atoms with Crippen LogP contribution in [0.2, 0.25) is 0 Å².